The molecular formula is C7H17O2P. The third kappa shape index (κ3) is 5.16. The standard InChI is InChI=1S/C7H17O2P/c1-4-5-6-7-10(8-2)9-3/h4-7H2,1-3H3. The van der Waals surface area contributed by atoms with Gasteiger partial charge in [0.2, 0.25) is 0 Å². The molecule has 10 heavy (non-hydrogen) atoms. The average molecular weight is 164 g/mol. The third-order valence-corrected chi connectivity index (χ3v) is 2.85. The molecule has 0 aromatic carbocycles. The third-order valence-electron chi connectivity index (χ3n) is 1.35. The zero-order valence-corrected chi connectivity index (χ0v) is 7.99. The van der Waals surface area contributed by atoms with Crippen LogP contribution in [0, 0.1) is 0 Å². The average Bonchev–Trinajstić information content (AvgIpc) is 1.99. The Bertz CT molecular complexity index is 64.6. The predicted octanol–water partition coefficient (Wildman–Crippen LogP) is 2.78. The van der Waals surface area contributed by atoms with E-state index in [1.165, 1.54) is 19.3 Å². The van der Waals surface area contributed by atoms with E-state index in [0.717, 1.165) is 6.16 Å². The monoisotopic (exact) mass is 164 g/mol. The molecule has 0 unspecified atom stereocenters. The lowest BCUT2D eigenvalue weighted by atomic mass is 10.3. The number of unbranched alkanes of at least 4 members (excludes halogenated alkanes) is 2. The van der Waals surface area contributed by atoms with Crippen LogP contribution in [0.25, 0.3) is 0 Å². The van der Waals surface area contributed by atoms with Crippen LogP contribution in [0.3, 0.4) is 0 Å². The number of hydrogen-bond acceptors (Lipinski definition) is 2. The molecule has 0 saturated carbocycles. The second-order valence-electron chi connectivity index (χ2n) is 2.13. The Hall–Kier alpha value is 0.350. The maximum Gasteiger partial charge on any atom is 0.169 e. The van der Waals surface area contributed by atoms with Crippen LogP contribution in [-0.2, 0) is 9.05 Å². The van der Waals surface area contributed by atoms with Crippen molar-refractivity contribution in [2.75, 3.05) is 20.4 Å². The predicted molar refractivity (Wildman–Crippen MR) is 45.3 cm³/mol. The minimum Gasteiger partial charge on any atom is -0.337 e. The fourth-order valence-corrected chi connectivity index (χ4v) is 1.74. The van der Waals surface area contributed by atoms with E-state index in [9.17, 15) is 0 Å². The highest BCUT2D eigenvalue weighted by atomic mass is 31.2. The molecule has 62 valence electrons. The zero-order valence-electron chi connectivity index (χ0n) is 7.09. The van der Waals surface area contributed by atoms with Crippen molar-refractivity contribution in [2.24, 2.45) is 0 Å². The summed E-state index contributed by atoms with van der Waals surface area (Å²) in [6, 6.07) is 0. The van der Waals surface area contributed by atoms with Crippen LogP contribution in [-0.4, -0.2) is 20.4 Å². The van der Waals surface area contributed by atoms with Crippen molar-refractivity contribution in [3.8, 4) is 0 Å². The van der Waals surface area contributed by atoms with Crippen LogP contribution >= 0.6 is 8.38 Å². The maximum absolute atomic E-state index is 5.09. The van der Waals surface area contributed by atoms with Crippen molar-refractivity contribution in [1.29, 1.82) is 0 Å². The highest BCUT2D eigenvalue weighted by Crippen LogP contribution is 2.36. The molecule has 0 radical (unpaired) electrons. The molecule has 0 bridgehead atoms. The highest BCUT2D eigenvalue weighted by molar-refractivity contribution is 7.47. The summed E-state index contributed by atoms with van der Waals surface area (Å²) in [7, 11) is 2.85. The summed E-state index contributed by atoms with van der Waals surface area (Å²) >= 11 is 0. The van der Waals surface area contributed by atoms with Crippen LogP contribution in [0.2, 0.25) is 0 Å². The van der Waals surface area contributed by atoms with Crippen LogP contribution in [0.5, 0.6) is 0 Å². The Morgan fingerprint density at radius 2 is 1.70 bits per heavy atom. The summed E-state index contributed by atoms with van der Waals surface area (Å²) in [5.41, 5.74) is 0. The van der Waals surface area contributed by atoms with E-state index >= 15 is 0 Å². The Kier molecular flexibility index (Phi) is 7.72. The lowest BCUT2D eigenvalue weighted by molar-refractivity contribution is 0.339. The largest absolute Gasteiger partial charge is 0.337 e. The van der Waals surface area contributed by atoms with E-state index < -0.39 is 8.38 Å². The van der Waals surface area contributed by atoms with Crippen LogP contribution in [0.1, 0.15) is 26.2 Å². The van der Waals surface area contributed by atoms with E-state index in [0.29, 0.717) is 0 Å². The van der Waals surface area contributed by atoms with E-state index in [1.807, 2.05) is 0 Å². The molecular weight excluding hydrogens is 147 g/mol. The van der Waals surface area contributed by atoms with Crippen molar-refractivity contribution in [3.05, 3.63) is 0 Å². The van der Waals surface area contributed by atoms with Crippen LogP contribution < -0.4 is 0 Å². The summed E-state index contributed by atoms with van der Waals surface area (Å²) in [6.45, 7) is 2.20. The molecule has 0 aliphatic carbocycles. The van der Waals surface area contributed by atoms with E-state index in [2.05, 4.69) is 6.92 Å². The van der Waals surface area contributed by atoms with Crippen molar-refractivity contribution < 1.29 is 9.05 Å². The molecule has 0 N–H and O–H groups in total. The van der Waals surface area contributed by atoms with E-state index in [1.54, 1.807) is 14.2 Å². The molecule has 0 amide bonds. The summed E-state index contributed by atoms with van der Waals surface area (Å²) in [5.74, 6) is 0. The Morgan fingerprint density at radius 3 is 2.10 bits per heavy atom. The Labute approximate surface area is 64.8 Å². The van der Waals surface area contributed by atoms with Gasteiger partial charge in [-0.05, 0) is 6.42 Å². The fraction of sp³-hybridized carbons (Fsp3) is 1.00. The quantitative estimate of drug-likeness (QED) is 0.444. The first-order valence-electron chi connectivity index (χ1n) is 3.70. The van der Waals surface area contributed by atoms with Crippen molar-refractivity contribution >= 4 is 8.38 Å². The highest BCUT2D eigenvalue weighted by Gasteiger charge is 2.03. The summed E-state index contributed by atoms with van der Waals surface area (Å²) in [4.78, 5) is 0. The molecule has 0 aliphatic rings. The van der Waals surface area contributed by atoms with E-state index in [4.69, 9.17) is 9.05 Å². The van der Waals surface area contributed by atoms with Crippen LogP contribution in [0.4, 0.5) is 0 Å². The van der Waals surface area contributed by atoms with E-state index in [-0.39, 0.29) is 0 Å². The van der Waals surface area contributed by atoms with Gasteiger partial charge in [0.1, 0.15) is 0 Å². The molecule has 0 atom stereocenters. The Balaban J connectivity index is 3.09. The van der Waals surface area contributed by atoms with Gasteiger partial charge in [0.25, 0.3) is 0 Å². The van der Waals surface area contributed by atoms with Gasteiger partial charge in [0.05, 0.1) is 0 Å². The SMILES string of the molecule is CCCCCP(OC)OC. The first-order valence-corrected chi connectivity index (χ1v) is 5.07. The molecule has 0 fully saturated rings. The fourth-order valence-electron chi connectivity index (χ4n) is 0.748. The van der Waals surface area contributed by atoms with Crippen molar-refractivity contribution in [2.45, 2.75) is 26.2 Å². The van der Waals surface area contributed by atoms with Crippen LogP contribution in [0.15, 0.2) is 0 Å². The molecule has 3 heteroatoms. The number of rotatable bonds is 6. The smallest absolute Gasteiger partial charge is 0.169 e. The molecule has 0 aromatic heterocycles. The second kappa shape index (κ2) is 7.46. The van der Waals surface area contributed by atoms with Gasteiger partial charge in [0, 0.05) is 20.4 Å². The van der Waals surface area contributed by atoms with Gasteiger partial charge < -0.3 is 9.05 Å². The minimum atomic E-state index is -0.568. The summed E-state index contributed by atoms with van der Waals surface area (Å²) in [5, 5.41) is 0. The lowest BCUT2D eigenvalue weighted by Crippen LogP contribution is -1.88. The Morgan fingerprint density at radius 1 is 1.10 bits per heavy atom. The van der Waals surface area contributed by atoms with Gasteiger partial charge in [-0.3, -0.25) is 0 Å². The van der Waals surface area contributed by atoms with Crippen molar-refractivity contribution in [3.63, 3.8) is 0 Å². The van der Waals surface area contributed by atoms with Gasteiger partial charge in [0.15, 0.2) is 8.38 Å². The normalized spacial score (nSPS) is 10.8. The molecule has 0 aromatic rings. The first kappa shape index (κ1) is 10.3. The lowest BCUT2D eigenvalue weighted by Gasteiger charge is -2.10. The molecule has 2 nitrogen and oxygen atoms in total. The number of hydrogen-bond donors (Lipinski definition) is 0. The summed E-state index contributed by atoms with van der Waals surface area (Å²) < 4.78 is 10.2. The molecule has 0 rings (SSSR count). The van der Waals surface area contributed by atoms with Crippen molar-refractivity contribution in [1.82, 2.24) is 0 Å². The molecule has 0 saturated heterocycles. The summed E-state index contributed by atoms with van der Waals surface area (Å²) in [6.07, 6.45) is 4.85. The van der Waals surface area contributed by atoms with Gasteiger partial charge in [-0.1, -0.05) is 19.8 Å². The van der Waals surface area contributed by atoms with Gasteiger partial charge >= 0.3 is 0 Å². The molecule has 0 heterocycles. The maximum atomic E-state index is 5.09. The second-order valence-corrected chi connectivity index (χ2v) is 3.97. The van der Waals surface area contributed by atoms with Gasteiger partial charge in [-0.15, -0.1) is 0 Å². The minimum absolute atomic E-state index is 0.568. The van der Waals surface area contributed by atoms with Gasteiger partial charge in [-0.2, -0.15) is 0 Å². The first-order chi connectivity index (χ1) is 4.85. The zero-order chi connectivity index (χ0) is 7.82. The topological polar surface area (TPSA) is 18.5 Å². The molecule has 0 spiro atoms. The molecule has 0 aliphatic heterocycles. The van der Waals surface area contributed by atoms with Gasteiger partial charge in [-0.25, -0.2) is 0 Å².